The topological polar surface area (TPSA) is 68.8 Å². The standard InChI is InChI=1S/C11H16BrN5S/c1-6-11(12)10(17(3)16-6)4-8(15-13)9-5-18-7(2)14-9/h5,8,15H,4,13H2,1-3H3. The van der Waals surface area contributed by atoms with Gasteiger partial charge in [-0.15, -0.1) is 11.3 Å². The number of halogens is 1. The molecular weight excluding hydrogens is 314 g/mol. The van der Waals surface area contributed by atoms with E-state index in [9.17, 15) is 0 Å². The maximum atomic E-state index is 5.64. The number of hydrazine groups is 1. The van der Waals surface area contributed by atoms with E-state index in [-0.39, 0.29) is 6.04 Å². The van der Waals surface area contributed by atoms with Gasteiger partial charge in [0, 0.05) is 18.8 Å². The van der Waals surface area contributed by atoms with E-state index < -0.39 is 0 Å². The molecular formula is C11H16BrN5S. The molecule has 0 aliphatic heterocycles. The quantitative estimate of drug-likeness (QED) is 0.665. The lowest BCUT2D eigenvalue weighted by Gasteiger charge is -2.14. The van der Waals surface area contributed by atoms with Crippen LogP contribution in [0.25, 0.3) is 0 Å². The summed E-state index contributed by atoms with van der Waals surface area (Å²) in [6.07, 6.45) is 0.748. The second-order valence-corrected chi connectivity index (χ2v) is 6.04. The van der Waals surface area contributed by atoms with Crippen molar-refractivity contribution in [2.24, 2.45) is 12.9 Å². The molecule has 1 atom stereocenters. The predicted molar refractivity (Wildman–Crippen MR) is 76.3 cm³/mol. The van der Waals surface area contributed by atoms with Crippen molar-refractivity contribution in [3.63, 3.8) is 0 Å². The van der Waals surface area contributed by atoms with E-state index in [1.165, 1.54) is 0 Å². The summed E-state index contributed by atoms with van der Waals surface area (Å²) in [5.74, 6) is 5.64. The zero-order valence-corrected chi connectivity index (χ0v) is 13.0. The minimum Gasteiger partial charge on any atom is -0.271 e. The molecule has 98 valence electrons. The van der Waals surface area contributed by atoms with Crippen LogP contribution >= 0.6 is 27.3 Å². The summed E-state index contributed by atoms with van der Waals surface area (Å²) >= 11 is 5.20. The first-order valence-corrected chi connectivity index (χ1v) is 7.26. The Kier molecular flexibility index (Phi) is 4.16. The summed E-state index contributed by atoms with van der Waals surface area (Å²) in [6, 6.07) is 0.000972. The number of aromatic nitrogens is 3. The van der Waals surface area contributed by atoms with Crippen LogP contribution in [0, 0.1) is 13.8 Å². The van der Waals surface area contributed by atoms with E-state index in [0.717, 1.165) is 33.0 Å². The molecule has 1 unspecified atom stereocenters. The van der Waals surface area contributed by atoms with Crippen molar-refractivity contribution in [1.82, 2.24) is 20.2 Å². The predicted octanol–water partition coefficient (Wildman–Crippen LogP) is 2.00. The van der Waals surface area contributed by atoms with Crippen molar-refractivity contribution in [1.29, 1.82) is 0 Å². The first kappa shape index (κ1) is 13.7. The highest BCUT2D eigenvalue weighted by molar-refractivity contribution is 9.10. The summed E-state index contributed by atoms with van der Waals surface area (Å²) in [6.45, 7) is 3.97. The first-order chi connectivity index (χ1) is 8.52. The Hall–Kier alpha value is -0.760. The lowest BCUT2D eigenvalue weighted by Crippen LogP contribution is -2.30. The Balaban J connectivity index is 2.25. The smallest absolute Gasteiger partial charge is 0.0898 e. The number of aryl methyl sites for hydroxylation is 3. The van der Waals surface area contributed by atoms with Crippen LogP contribution in [-0.2, 0) is 13.5 Å². The molecule has 0 saturated carbocycles. The van der Waals surface area contributed by atoms with Crippen LogP contribution in [-0.4, -0.2) is 14.8 Å². The number of thiazole rings is 1. The zero-order valence-electron chi connectivity index (χ0n) is 10.6. The van der Waals surface area contributed by atoms with E-state index in [1.54, 1.807) is 11.3 Å². The SMILES string of the molecule is Cc1nc(C(Cc2c(Br)c(C)nn2C)NN)cs1. The van der Waals surface area contributed by atoms with Gasteiger partial charge < -0.3 is 0 Å². The molecule has 2 rings (SSSR count). The Labute approximate surface area is 119 Å². The fourth-order valence-corrected chi connectivity index (χ4v) is 3.05. The van der Waals surface area contributed by atoms with Gasteiger partial charge in [-0.25, -0.2) is 4.98 Å². The number of nitrogens with one attached hydrogen (secondary N) is 1. The molecule has 0 aromatic carbocycles. The summed E-state index contributed by atoms with van der Waals surface area (Å²) in [4.78, 5) is 4.48. The van der Waals surface area contributed by atoms with Crippen LogP contribution in [0.5, 0.6) is 0 Å². The van der Waals surface area contributed by atoms with Crippen LogP contribution in [0.2, 0.25) is 0 Å². The summed E-state index contributed by atoms with van der Waals surface area (Å²) in [7, 11) is 1.94. The molecule has 0 spiro atoms. The molecule has 2 heterocycles. The van der Waals surface area contributed by atoms with Crippen LogP contribution in [0.1, 0.15) is 28.1 Å². The van der Waals surface area contributed by atoms with Crippen molar-refractivity contribution >= 4 is 27.3 Å². The second-order valence-electron chi connectivity index (χ2n) is 4.18. The molecule has 2 aromatic heterocycles. The van der Waals surface area contributed by atoms with Crippen molar-refractivity contribution in [2.75, 3.05) is 0 Å². The van der Waals surface area contributed by atoms with Crippen LogP contribution in [0.15, 0.2) is 9.85 Å². The average molecular weight is 330 g/mol. The van der Waals surface area contributed by atoms with Gasteiger partial charge in [0.25, 0.3) is 0 Å². The second kappa shape index (κ2) is 5.48. The average Bonchev–Trinajstić information content (AvgIpc) is 2.84. The van der Waals surface area contributed by atoms with Crippen molar-refractivity contribution in [3.8, 4) is 0 Å². The highest BCUT2D eigenvalue weighted by Crippen LogP contribution is 2.26. The normalized spacial score (nSPS) is 12.9. The molecule has 3 N–H and O–H groups in total. The molecule has 0 saturated heterocycles. The third kappa shape index (κ3) is 2.64. The maximum Gasteiger partial charge on any atom is 0.0898 e. The van der Waals surface area contributed by atoms with E-state index in [0.29, 0.717) is 0 Å². The van der Waals surface area contributed by atoms with Crippen molar-refractivity contribution in [2.45, 2.75) is 26.3 Å². The summed E-state index contributed by atoms with van der Waals surface area (Å²) in [5, 5.41) is 7.47. The Morgan fingerprint density at radius 1 is 1.56 bits per heavy atom. The van der Waals surface area contributed by atoms with Crippen LogP contribution in [0.4, 0.5) is 0 Å². The van der Waals surface area contributed by atoms with E-state index >= 15 is 0 Å². The molecule has 5 nitrogen and oxygen atoms in total. The van der Waals surface area contributed by atoms with E-state index in [2.05, 4.69) is 31.4 Å². The maximum absolute atomic E-state index is 5.64. The first-order valence-electron chi connectivity index (χ1n) is 5.59. The van der Waals surface area contributed by atoms with E-state index in [1.807, 2.05) is 31.0 Å². The van der Waals surface area contributed by atoms with Crippen LogP contribution < -0.4 is 11.3 Å². The zero-order chi connectivity index (χ0) is 13.3. The fraction of sp³-hybridized carbons (Fsp3) is 0.455. The molecule has 0 aliphatic rings. The van der Waals surface area contributed by atoms with Gasteiger partial charge in [-0.2, -0.15) is 5.10 Å². The molecule has 7 heteroatoms. The lowest BCUT2D eigenvalue weighted by atomic mass is 10.1. The van der Waals surface area contributed by atoms with Crippen LogP contribution in [0.3, 0.4) is 0 Å². The summed E-state index contributed by atoms with van der Waals surface area (Å²) < 4.78 is 2.92. The molecule has 0 aliphatic carbocycles. The van der Waals surface area contributed by atoms with Crippen molar-refractivity contribution < 1.29 is 0 Å². The largest absolute Gasteiger partial charge is 0.271 e. The monoisotopic (exact) mass is 329 g/mol. The van der Waals surface area contributed by atoms with E-state index in [4.69, 9.17) is 5.84 Å². The Bertz CT molecular complexity index is 548. The van der Waals surface area contributed by atoms with Gasteiger partial charge in [-0.05, 0) is 29.8 Å². The molecule has 0 radical (unpaired) electrons. The molecule has 18 heavy (non-hydrogen) atoms. The lowest BCUT2D eigenvalue weighted by molar-refractivity contribution is 0.519. The molecule has 0 bridgehead atoms. The van der Waals surface area contributed by atoms with Gasteiger partial charge in [0.2, 0.25) is 0 Å². The fourth-order valence-electron chi connectivity index (χ4n) is 1.88. The van der Waals surface area contributed by atoms with Gasteiger partial charge in [-0.3, -0.25) is 16.0 Å². The highest BCUT2D eigenvalue weighted by Gasteiger charge is 2.19. The van der Waals surface area contributed by atoms with Gasteiger partial charge >= 0.3 is 0 Å². The summed E-state index contributed by atoms with van der Waals surface area (Å²) in [5.41, 5.74) is 5.90. The third-order valence-electron chi connectivity index (χ3n) is 2.85. The van der Waals surface area contributed by atoms with Crippen molar-refractivity contribution in [3.05, 3.63) is 31.9 Å². The Morgan fingerprint density at radius 3 is 2.72 bits per heavy atom. The minimum atomic E-state index is 0.000972. The third-order valence-corrected chi connectivity index (χ3v) is 4.68. The number of hydrogen-bond donors (Lipinski definition) is 2. The van der Waals surface area contributed by atoms with Gasteiger partial charge in [0.05, 0.1) is 32.6 Å². The van der Waals surface area contributed by atoms with Gasteiger partial charge in [0.15, 0.2) is 0 Å². The van der Waals surface area contributed by atoms with Gasteiger partial charge in [-0.1, -0.05) is 0 Å². The Morgan fingerprint density at radius 2 is 2.28 bits per heavy atom. The molecule has 2 aromatic rings. The molecule has 0 amide bonds. The highest BCUT2D eigenvalue weighted by atomic mass is 79.9. The van der Waals surface area contributed by atoms with Gasteiger partial charge in [0.1, 0.15) is 0 Å². The molecule has 0 fully saturated rings. The minimum absolute atomic E-state index is 0.000972. The number of hydrogen-bond acceptors (Lipinski definition) is 5. The number of nitrogens with two attached hydrogens (primary N) is 1. The number of rotatable bonds is 4. The number of nitrogens with zero attached hydrogens (tertiary/aromatic N) is 3.